The smallest absolute Gasteiger partial charge is 0.232 e. The summed E-state index contributed by atoms with van der Waals surface area (Å²) in [6, 6.07) is 5.56. The molecule has 0 saturated heterocycles. The van der Waals surface area contributed by atoms with Crippen molar-refractivity contribution in [2.45, 2.75) is 20.8 Å². The van der Waals surface area contributed by atoms with E-state index in [2.05, 4.69) is 0 Å². The van der Waals surface area contributed by atoms with Crippen LogP contribution in [0, 0.1) is 5.41 Å². The Morgan fingerprint density at radius 1 is 1.17 bits per heavy atom. The summed E-state index contributed by atoms with van der Waals surface area (Å²) < 4.78 is 11.0. The van der Waals surface area contributed by atoms with Gasteiger partial charge in [0.15, 0.2) is 11.5 Å². The zero-order chi connectivity index (χ0) is 13.3. The first-order valence-electron chi connectivity index (χ1n) is 6.07. The maximum Gasteiger partial charge on any atom is 0.232 e. The number of hydrogen-bond acceptors (Lipinski definition) is 3. The Bertz CT molecular complexity index is 463. The summed E-state index contributed by atoms with van der Waals surface area (Å²) in [6.45, 7) is 6.84. The van der Waals surface area contributed by atoms with E-state index in [0.717, 1.165) is 11.4 Å². The Hall–Kier alpha value is -1.71. The highest BCUT2D eigenvalue weighted by atomic mass is 16.6. The number of fused-ring (bicyclic) bond motifs is 1. The number of anilines is 1. The summed E-state index contributed by atoms with van der Waals surface area (Å²) >= 11 is 0. The largest absolute Gasteiger partial charge is 0.486 e. The van der Waals surface area contributed by atoms with Gasteiger partial charge in [0, 0.05) is 24.2 Å². The van der Waals surface area contributed by atoms with Crippen LogP contribution in [0.1, 0.15) is 20.8 Å². The van der Waals surface area contributed by atoms with Crippen molar-refractivity contribution in [2.24, 2.45) is 5.41 Å². The van der Waals surface area contributed by atoms with Gasteiger partial charge in [0.05, 0.1) is 0 Å². The lowest BCUT2D eigenvalue weighted by atomic mass is 9.94. The summed E-state index contributed by atoms with van der Waals surface area (Å²) in [4.78, 5) is 13.8. The molecular weight excluding hydrogens is 230 g/mol. The molecule has 0 N–H and O–H groups in total. The average Bonchev–Trinajstić information content (AvgIpc) is 2.35. The molecule has 0 radical (unpaired) electrons. The van der Waals surface area contributed by atoms with Crippen LogP contribution in [0.15, 0.2) is 18.2 Å². The lowest BCUT2D eigenvalue weighted by Gasteiger charge is -2.27. The molecule has 1 aliphatic rings. The molecule has 0 aromatic heterocycles. The van der Waals surface area contributed by atoms with Crippen LogP contribution in [0.4, 0.5) is 5.69 Å². The molecular formula is C14H19NO3. The van der Waals surface area contributed by atoms with Crippen molar-refractivity contribution < 1.29 is 14.3 Å². The quantitative estimate of drug-likeness (QED) is 0.767. The van der Waals surface area contributed by atoms with Gasteiger partial charge in [-0.2, -0.15) is 0 Å². The molecule has 0 atom stereocenters. The minimum absolute atomic E-state index is 0.0687. The Balaban J connectivity index is 2.26. The van der Waals surface area contributed by atoms with Gasteiger partial charge in [-0.05, 0) is 12.1 Å². The fourth-order valence-electron chi connectivity index (χ4n) is 1.86. The van der Waals surface area contributed by atoms with Crippen molar-refractivity contribution >= 4 is 11.6 Å². The third kappa shape index (κ3) is 2.42. The molecule has 0 fully saturated rings. The van der Waals surface area contributed by atoms with E-state index < -0.39 is 5.41 Å². The maximum atomic E-state index is 12.2. The van der Waals surface area contributed by atoms with Crippen LogP contribution >= 0.6 is 0 Å². The van der Waals surface area contributed by atoms with E-state index in [4.69, 9.17) is 9.47 Å². The highest BCUT2D eigenvalue weighted by molar-refractivity contribution is 5.96. The predicted molar refractivity (Wildman–Crippen MR) is 70.3 cm³/mol. The molecule has 18 heavy (non-hydrogen) atoms. The number of carbonyl (C=O) groups is 1. The van der Waals surface area contributed by atoms with Gasteiger partial charge in [-0.1, -0.05) is 20.8 Å². The van der Waals surface area contributed by atoms with Crippen molar-refractivity contribution in [3.05, 3.63) is 18.2 Å². The number of benzene rings is 1. The normalized spacial score (nSPS) is 14.2. The first-order valence-corrected chi connectivity index (χ1v) is 6.07. The lowest BCUT2D eigenvalue weighted by molar-refractivity contribution is -0.125. The summed E-state index contributed by atoms with van der Waals surface area (Å²) in [5.41, 5.74) is 0.418. The Kier molecular flexibility index (Phi) is 3.20. The number of ether oxygens (including phenoxy) is 2. The van der Waals surface area contributed by atoms with Crippen molar-refractivity contribution in [1.29, 1.82) is 0 Å². The highest BCUT2D eigenvalue weighted by Crippen LogP contribution is 2.34. The third-order valence-corrected chi connectivity index (χ3v) is 2.86. The van der Waals surface area contributed by atoms with Gasteiger partial charge < -0.3 is 14.4 Å². The molecule has 2 rings (SSSR count). The molecule has 98 valence electrons. The van der Waals surface area contributed by atoms with Crippen LogP contribution in [-0.4, -0.2) is 26.2 Å². The van der Waals surface area contributed by atoms with E-state index in [0.29, 0.717) is 19.0 Å². The SMILES string of the molecule is CN(C(=O)C(C)(C)C)c1ccc2c(c1)OCCO2. The van der Waals surface area contributed by atoms with Gasteiger partial charge in [-0.15, -0.1) is 0 Å². The summed E-state index contributed by atoms with van der Waals surface area (Å²) in [5.74, 6) is 1.51. The Labute approximate surface area is 107 Å². The van der Waals surface area contributed by atoms with Crippen LogP contribution in [0.3, 0.4) is 0 Å². The number of nitrogens with zero attached hydrogens (tertiary/aromatic N) is 1. The number of carbonyl (C=O) groups excluding carboxylic acids is 1. The van der Waals surface area contributed by atoms with Crippen LogP contribution < -0.4 is 14.4 Å². The highest BCUT2D eigenvalue weighted by Gasteiger charge is 2.26. The molecule has 0 aliphatic carbocycles. The van der Waals surface area contributed by atoms with Crippen molar-refractivity contribution in [3.63, 3.8) is 0 Å². The van der Waals surface area contributed by atoms with Gasteiger partial charge in [0.1, 0.15) is 13.2 Å². The molecule has 0 bridgehead atoms. The lowest BCUT2D eigenvalue weighted by Crippen LogP contribution is -2.36. The first-order chi connectivity index (χ1) is 8.39. The van der Waals surface area contributed by atoms with E-state index in [1.54, 1.807) is 11.9 Å². The molecule has 1 aromatic rings. The van der Waals surface area contributed by atoms with Gasteiger partial charge >= 0.3 is 0 Å². The van der Waals surface area contributed by atoms with E-state index >= 15 is 0 Å². The van der Waals surface area contributed by atoms with Gasteiger partial charge in [0.25, 0.3) is 0 Å². The van der Waals surface area contributed by atoms with Crippen LogP contribution in [0.25, 0.3) is 0 Å². The second-order valence-electron chi connectivity index (χ2n) is 5.44. The number of amides is 1. The van der Waals surface area contributed by atoms with E-state index in [-0.39, 0.29) is 5.91 Å². The van der Waals surface area contributed by atoms with Crippen LogP contribution in [0.5, 0.6) is 11.5 Å². The minimum Gasteiger partial charge on any atom is -0.486 e. The zero-order valence-electron chi connectivity index (χ0n) is 11.3. The fraction of sp³-hybridized carbons (Fsp3) is 0.500. The summed E-state index contributed by atoms with van der Waals surface area (Å²) in [5, 5.41) is 0. The molecule has 1 aliphatic heterocycles. The van der Waals surface area contributed by atoms with Gasteiger partial charge in [-0.3, -0.25) is 4.79 Å². The predicted octanol–water partition coefficient (Wildman–Crippen LogP) is 2.47. The number of rotatable bonds is 1. The third-order valence-electron chi connectivity index (χ3n) is 2.86. The Morgan fingerprint density at radius 2 is 1.78 bits per heavy atom. The second kappa shape index (κ2) is 4.52. The van der Waals surface area contributed by atoms with Crippen molar-refractivity contribution in [1.82, 2.24) is 0 Å². The average molecular weight is 249 g/mol. The minimum atomic E-state index is -0.401. The molecule has 0 spiro atoms. The van der Waals surface area contributed by atoms with Crippen molar-refractivity contribution in [3.8, 4) is 11.5 Å². The van der Waals surface area contributed by atoms with Crippen LogP contribution in [0.2, 0.25) is 0 Å². The summed E-state index contributed by atoms with van der Waals surface area (Å²) in [6.07, 6.45) is 0. The molecule has 1 amide bonds. The van der Waals surface area contributed by atoms with E-state index in [1.165, 1.54) is 0 Å². The standard InChI is InChI=1S/C14H19NO3/c1-14(2,3)13(16)15(4)10-5-6-11-12(9-10)18-8-7-17-11/h5-6,9H,7-8H2,1-4H3. The molecule has 0 unspecified atom stereocenters. The van der Waals surface area contributed by atoms with Crippen LogP contribution in [-0.2, 0) is 4.79 Å². The first kappa shape index (κ1) is 12.7. The summed E-state index contributed by atoms with van der Waals surface area (Å²) in [7, 11) is 1.78. The fourth-order valence-corrected chi connectivity index (χ4v) is 1.86. The maximum absolute atomic E-state index is 12.2. The Morgan fingerprint density at radius 3 is 2.39 bits per heavy atom. The van der Waals surface area contributed by atoms with E-state index in [9.17, 15) is 4.79 Å². The molecule has 1 aromatic carbocycles. The molecule has 0 saturated carbocycles. The van der Waals surface area contributed by atoms with Crippen molar-refractivity contribution in [2.75, 3.05) is 25.2 Å². The second-order valence-corrected chi connectivity index (χ2v) is 5.44. The zero-order valence-corrected chi connectivity index (χ0v) is 11.3. The topological polar surface area (TPSA) is 38.8 Å². The monoisotopic (exact) mass is 249 g/mol. The molecule has 4 nitrogen and oxygen atoms in total. The van der Waals surface area contributed by atoms with Gasteiger partial charge in [-0.25, -0.2) is 0 Å². The molecule has 4 heteroatoms. The van der Waals surface area contributed by atoms with E-state index in [1.807, 2.05) is 39.0 Å². The number of hydrogen-bond donors (Lipinski definition) is 0. The van der Waals surface area contributed by atoms with Gasteiger partial charge in [0.2, 0.25) is 5.91 Å². The molecule has 1 heterocycles.